The zero-order valence-electron chi connectivity index (χ0n) is 17.4. The lowest BCUT2D eigenvalue weighted by molar-refractivity contribution is 0.484. The number of hydrogen-bond acceptors (Lipinski definition) is 2. The highest BCUT2D eigenvalue weighted by Crippen LogP contribution is 2.42. The van der Waals surface area contributed by atoms with Gasteiger partial charge in [-0.05, 0) is 78.6 Å². The van der Waals surface area contributed by atoms with Crippen LogP contribution in [0.15, 0.2) is 78.9 Å². The van der Waals surface area contributed by atoms with Crippen LogP contribution in [0.3, 0.4) is 0 Å². The van der Waals surface area contributed by atoms with Crippen molar-refractivity contribution < 1.29 is 4.74 Å². The van der Waals surface area contributed by atoms with E-state index in [1.807, 2.05) is 0 Å². The summed E-state index contributed by atoms with van der Waals surface area (Å²) in [6.07, 6.45) is 0. The quantitative estimate of drug-likeness (QED) is 0.368. The Morgan fingerprint density at radius 3 is 2.30 bits per heavy atom. The largest absolute Gasteiger partial charge is 0.458 e. The maximum Gasteiger partial charge on any atom is 0.256 e. The van der Waals surface area contributed by atoms with Crippen molar-refractivity contribution in [1.82, 2.24) is 0 Å². The second kappa shape index (κ2) is 6.27. The average Bonchev–Trinajstić information content (AvgIpc) is 2.76. The van der Waals surface area contributed by atoms with Crippen LogP contribution in [-0.4, -0.2) is 6.71 Å². The molecule has 0 saturated heterocycles. The Labute approximate surface area is 177 Å². The van der Waals surface area contributed by atoms with E-state index in [0.29, 0.717) is 0 Å². The summed E-state index contributed by atoms with van der Waals surface area (Å²) in [5.74, 6) is 1.97. The molecule has 2 aliphatic rings. The zero-order chi connectivity index (χ0) is 20.4. The first-order valence-corrected chi connectivity index (χ1v) is 10.5. The standard InChI is InChI=1S/C27H22BNO/c1-17-15-19(3)25-23(16-17)29(20-9-5-4-6-10-20)22-14-13-18(2)27-26(22)28(25)21-11-7-8-12-24(21)30-27/h4-16H,1-3H3. The van der Waals surface area contributed by atoms with E-state index in [9.17, 15) is 0 Å². The molecule has 0 aliphatic carbocycles. The van der Waals surface area contributed by atoms with Gasteiger partial charge in [-0.3, -0.25) is 0 Å². The highest BCUT2D eigenvalue weighted by Gasteiger charge is 2.42. The summed E-state index contributed by atoms with van der Waals surface area (Å²) in [6, 6.07) is 28.2. The van der Waals surface area contributed by atoms with Crippen molar-refractivity contribution in [3.8, 4) is 11.5 Å². The number of para-hydroxylation sites is 2. The molecule has 0 radical (unpaired) electrons. The topological polar surface area (TPSA) is 12.5 Å². The number of hydrogen-bond donors (Lipinski definition) is 0. The number of nitrogens with zero attached hydrogens (tertiary/aromatic N) is 1. The maximum absolute atomic E-state index is 6.49. The summed E-state index contributed by atoms with van der Waals surface area (Å²) in [7, 11) is 0. The molecule has 4 aromatic carbocycles. The van der Waals surface area contributed by atoms with Crippen LogP contribution < -0.4 is 26.0 Å². The Bertz CT molecular complexity index is 1310. The van der Waals surface area contributed by atoms with Gasteiger partial charge in [0, 0.05) is 17.1 Å². The van der Waals surface area contributed by atoms with Gasteiger partial charge in [0.2, 0.25) is 0 Å². The van der Waals surface area contributed by atoms with Gasteiger partial charge in [-0.15, -0.1) is 0 Å². The lowest BCUT2D eigenvalue weighted by Crippen LogP contribution is -2.60. The lowest BCUT2D eigenvalue weighted by Gasteiger charge is -2.41. The Balaban J connectivity index is 1.76. The normalized spacial score (nSPS) is 13.3. The van der Waals surface area contributed by atoms with Gasteiger partial charge >= 0.3 is 0 Å². The third-order valence-corrected chi connectivity index (χ3v) is 6.39. The van der Waals surface area contributed by atoms with Crippen LogP contribution in [-0.2, 0) is 0 Å². The molecule has 0 bridgehead atoms. The number of aryl methyl sites for hydroxylation is 3. The third-order valence-electron chi connectivity index (χ3n) is 6.39. The fourth-order valence-electron chi connectivity index (χ4n) is 5.19. The monoisotopic (exact) mass is 387 g/mol. The van der Waals surface area contributed by atoms with Crippen LogP contribution in [0.25, 0.3) is 0 Å². The van der Waals surface area contributed by atoms with Gasteiger partial charge in [0.1, 0.15) is 11.5 Å². The van der Waals surface area contributed by atoms with Gasteiger partial charge in [-0.2, -0.15) is 0 Å². The summed E-state index contributed by atoms with van der Waals surface area (Å²) in [6.45, 7) is 6.75. The molecule has 0 spiro atoms. The Morgan fingerprint density at radius 2 is 1.47 bits per heavy atom. The van der Waals surface area contributed by atoms with Gasteiger partial charge in [0.25, 0.3) is 6.71 Å². The molecule has 30 heavy (non-hydrogen) atoms. The Morgan fingerprint density at radius 1 is 0.700 bits per heavy atom. The predicted molar refractivity (Wildman–Crippen MR) is 127 cm³/mol. The minimum absolute atomic E-state index is 0.176. The molecule has 2 nitrogen and oxygen atoms in total. The van der Waals surface area contributed by atoms with Gasteiger partial charge in [-0.25, -0.2) is 0 Å². The van der Waals surface area contributed by atoms with Crippen LogP contribution in [0, 0.1) is 20.8 Å². The highest BCUT2D eigenvalue weighted by atomic mass is 16.5. The van der Waals surface area contributed by atoms with E-state index in [4.69, 9.17) is 4.74 Å². The van der Waals surface area contributed by atoms with Gasteiger partial charge < -0.3 is 9.64 Å². The molecule has 2 heterocycles. The molecule has 3 heteroatoms. The third kappa shape index (κ3) is 2.32. The number of fused-ring (bicyclic) bond motifs is 4. The molecule has 2 aliphatic heterocycles. The van der Waals surface area contributed by atoms with Crippen LogP contribution in [0.2, 0.25) is 0 Å². The fourth-order valence-corrected chi connectivity index (χ4v) is 5.19. The molecule has 0 atom stereocenters. The van der Waals surface area contributed by atoms with E-state index < -0.39 is 0 Å². The summed E-state index contributed by atoms with van der Waals surface area (Å²) in [4.78, 5) is 2.40. The SMILES string of the molecule is Cc1cc(C)c2c(c1)N(c1ccccc1)c1ccc(C)c3c1B2c1ccccc1O3. The number of anilines is 3. The van der Waals surface area contributed by atoms with Crippen LogP contribution in [0.4, 0.5) is 17.1 Å². The Kier molecular flexibility index (Phi) is 3.64. The van der Waals surface area contributed by atoms with Crippen molar-refractivity contribution >= 4 is 40.2 Å². The molecule has 144 valence electrons. The first-order chi connectivity index (χ1) is 14.6. The maximum atomic E-state index is 6.49. The molecule has 4 aromatic rings. The molecular formula is C27H22BNO. The first-order valence-electron chi connectivity index (χ1n) is 10.5. The van der Waals surface area contributed by atoms with E-state index >= 15 is 0 Å². The average molecular weight is 387 g/mol. The lowest BCUT2D eigenvalue weighted by atomic mass is 9.33. The van der Waals surface area contributed by atoms with Crippen LogP contribution >= 0.6 is 0 Å². The second-order valence-corrected chi connectivity index (χ2v) is 8.40. The van der Waals surface area contributed by atoms with Crippen LogP contribution in [0.1, 0.15) is 16.7 Å². The first kappa shape index (κ1) is 17.4. The fraction of sp³-hybridized carbons (Fsp3) is 0.111. The van der Waals surface area contributed by atoms with Crippen LogP contribution in [0.5, 0.6) is 11.5 Å². The minimum atomic E-state index is 0.176. The molecule has 6 rings (SSSR count). The summed E-state index contributed by atoms with van der Waals surface area (Å²) in [5.41, 5.74) is 11.3. The van der Waals surface area contributed by atoms with E-state index in [0.717, 1.165) is 11.5 Å². The van der Waals surface area contributed by atoms with Crippen molar-refractivity contribution in [1.29, 1.82) is 0 Å². The van der Waals surface area contributed by atoms with E-state index in [1.54, 1.807) is 0 Å². The zero-order valence-corrected chi connectivity index (χ0v) is 17.4. The highest BCUT2D eigenvalue weighted by molar-refractivity contribution is 6.99. The minimum Gasteiger partial charge on any atom is -0.458 e. The van der Waals surface area contributed by atoms with Crippen molar-refractivity contribution in [2.45, 2.75) is 20.8 Å². The predicted octanol–water partition coefficient (Wildman–Crippen LogP) is 5.02. The summed E-state index contributed by atoms with van der Waals surface area (Å²) in [5, 5.41) is 0. The smallest absolute Gasteiger partial charge is 0.256 e. The molecule has 0 N–H and O–H groups in total. The van der Waals surface area contributed by atoms with Crippen molar-refractivity contribution in [2.75, 3.05) is 4.90 Å². The molecular weight excluding hydrogens is 365 g/mol. The van der Waals surface area contributed by atoms with Crippen molar-refractivity contribution in [2.24, 2.45) is 0 Å². The van der Waals surface area contributed by atoms with E-state index in [2.05, 4.69) is 105 Å². The summed E-state index contributed by atoms with van der Waals surface area (Å²) < 4.78 is 6.49. The summed E-state index contributed by atoms with van der Waals surface area (Å²) >= 11 is 0. The molecule has 0 aromatic heterocycles. The van der Waals surface area contributed by atoms with Gasteiger partial charge in [-0.1, -0.05) is 54.1 Å². The van der Waals surface area contributed by atoms with E-state index in [1.165, 1.54) is 50.1 Å². The number of ether oxygens (including phenoxy) is 1. The molecule has 0 unspecified atom stereocenters. The van der Waals surface area contributed by atoms with Crippen molar-refractivity contribution in [3.63, 3.8) is 0 Å². The van der Waals surface area contributed by atoms with E-state index in [-0.39, 0.29) is 6.71 Å². The molecule has 0 saturated carbocycles. The van der Waals surface area contributed by atoms with Gasteiger partial charge in [0.05, 0.1) is 0 Å². The number of rotatable bonds is 1. The molecule has 0 fully saturated rings. The molecule has 0 amide bonds. The van der Waals surface area contributed by atoms with Gasteiger partial charge in [0.15, 0.2) is 0 Å². The Hall–Kier alpha value is -3.46. The van der Waals surface area contributed by atoms with Crippen molar-refractivity contribution in [3.05, 3.63) is 95.6 Å². The number of benzene rings is 4. The second-order valence-electron chi connectivity index (χ2n) is 8.40.